The summed E-state index contributed by atoms with van der Waals surface area (Å²) in [6.07, 6.45) is -4.40. The van der Waals surface area contributed by atoms with Crippen LogP contribution in [0.25, 0.3) is 0 Å². The Morgan fingerprint density at radius 3 is 2.06 bits per heavy atom. The lowest BCUT2D eigenvalue weighted by molar-refractivity contribution is -0.208. The van der Waals surface area contributed by atoms with Gasteiger partial charge < -0.3 is 15.2 Å². The second-order valence-electron chi connectivity index (χ2n) is 3.44. The lowest BCUT2D eigenvalue weighted by atomic mass is 10.0. The molecule has 0 saturated heterocycles. The summed E-state index contributed by atoms with van der Waals surface area (Å²) in [5.74, 6) is -1.35. The van der Waals surface area contributed by atoms with Crippen LogP contribution < -0.4 is 5.73 Å². The normalized spacial score (nSPS) is 12.8. The predicted molar refractivity (Wildman–Crippen MR) is 56.2 cm³/mol. The fourth-order valence-corrected chi connectivity index (χ4v) is 1.54. The van der Waals surface area contributed by atoms with Gasteiger partial charge in [0.25, 0.3) is 0 Å². The smallest absolute Gasteiger partial charge is 0.348 e. The fourth-order valence-electron chi connectivity index (χ4n) is 1.54. The Bertz CT molecular complexity index is 367. The molecule has 0 amide bonds. The molecule has 0 fully saturated rings. The number of hydrogen-bond donors (Lipinski definition) is 1. The molecule has 6 heteroatoms. The number of ether oxygens (including phenoxy) is 2. The minimum Gasteiger partial charge on any atom is -0.348 e. The van der Waals surface area contributed by atoms with Crippen LogP contribution in [0.5, 0.6) is 0 Å². The van der Waals surface area contributed by atoms with Gasteiger partial charge in [0.05, 0.1) is 12.1 Å². The van der Waals surface area contributed by atoms with Gasteiger partial charge in [0, 0.05) is 19.8 Å². The number of hydrogen-bond acceptors (Lipinski definition) is 3. The third-order valence-electron chi connectivity index (χ3n) is 2.56. The van der Waals surface area contributed by atoms with E-state index in [2.05, 4.69) is 0 Å². The quantitative estimate of drug-likeness (QED) is 0.831. The third kappa shape index (κ3) is 2.77. The van der Waals surface area contributed by atoms with Crippen LogP contribution in [0.3, 0.4) is 0 Å². The van der Waals surface area contributed by atoms with Gasteiger partial charge in [-0.25, -0.2) is 0 Å². The average molecular weight is 249 g/mol. The highest BCUT2D eigenvalue weighted by Crippen LogP contribution is 2.33. The number of alkyl halides is 3. The van der Waals surface area contributed by atoms with Gasteiger partial charge in [-0.2, -0.15) is 13.2 Å². The lowest BCUT2D eigenvalue weighted by Gasteiger charge is -2.30. The molecule has 3 nitrogen and oxygen atoms in total. The van der Waals surface area contributed by atoms with Crippen molar-refractivity contribution in [3.05, 3.63) is 35.4 Å². The van der Waals surface area contributed by atoms with E-state index >= 15 is 0 Å². The molecule has 0 saturated carbocycles. The number of nitrogens with two attached hydrogens (primary N) is 1. The molecule has 0 bridgehead atoms. The van der Waals surface area contributed by atoms with Crippen molar-refractivity contribution in [2.75, 3.05) is 20.8 Å². The van der Waals surface area contributed by atoms with Crippen LogP contribution in [0.15, 0.2) is 24.3 Å². The summed E-state index contributed by atoms with van der Waals surface area (Å²) in [4.78, 5) is 0. The number of benzene rings is 1. The summed E-state index contributed by atoms with van der Waals surface area (Å²) in [5.41, 5.74) is 4.96. The zero-order chi connectivity index (χ0) is 13.1. The van der Waals surface area contributed by atoms with E-state index in [4.69, 9.17) is 15.2 Å². The van der Waals surface area contributed by atoms with Crippen molar-refractivity contribution in [1.29, 1.82) is 0 Å². The van der Waals surface area contributed by atoms with Crippen LogP contribution in [0.1, 0.15) is 11.1 Å². The summed E-state index contributed by atoms with van der Waals surface area (Å²) in [6, 6.07) is 4.73. The van der Waals surface area contributed by atoms with Gasteiger partial charge in [0.1, 0.15) is 0 Å². The van der Waals surface area contributed by atoms with Gasteiger partial charge in [0.15, 0.2) is 0 Å². The van der Waals surface area contributed by atoms with E-state index < -0.39 is 17.5 Å². The molecule has 0 aliphatic rings. The topological polar surface area (TPSA) is 44.5 Å². The van der Waals surface area contributed by atoms with E-state index in [1.54, 1.807) is 0 Å². The molecule has 0 aliphatic heterocycles. The molecule has 0 aliphatic carbocycles. The van der Waals surface area contributed by atoms with E-state index in [1.165, 1.54) is 26.4 Å². The van der Waals surface area contributed by atoms with E-state index in [0.29, 0.717) is 0 Å². The zero-order valence-electron chi connectivity index (χ0n) is 9.54. The van der Waals surface area contributed by atoms with Crippen LogP contribution in [0.4, 0.5) is 13.2 Å². The lowest BCUT2D eigenvalue weighted by Crippen LogP contribution is -2.39. The van der Waals surface area contributed by atoms with Crippen LogP contribution in [-0.4, -0.2) is 20.8 Å². The molecule has 0 atom stereocenters. The Labute approximate surface area is 97.3 Å². The molecule has 0 unspecified atom stereocenters. The molecule has 1 aromatic carbocycles. The van der Waals surface area contributed by atoms with Crippen LogP contribution >= 0.6 is 0 Å². The third-order valence-corrected chi connectivity index (χ3v) is 2.56. The number of halogens is 3. The Morgan fingerprint density at radius 1 is 1.12 bits per heavy atom. The molecule has 17 heavy (non-hydrogen) atoms. The molecule has 0 aromatic heterocycles. The first-order chi connectivity index (χ1) is 7.89. The van der Waals surface area contributed by atoms with Crippen LogP contribution in [0, 0.1) is 0 Å². The van der Waals surface area contributed by atoms with Crippen molar-refractivity contribution >= 4 is 0 Å². The van der Waals surface area contributed by atoms with Crippen LogP contribution in [-0.2, 0) is 21.4 Å². The fraction of sp³-hybridized carbons (Fsp3) is 0.455. The monoisotopic (exact) mass is 249 g/mol. The molecule has 0 radical (unpaired) electrons. The van der Waals surface area contributed by atoms with Gasteiger partial charge in [-0.3, -0.25) is 0 Å². The van der Waals surface area contributed by atoms with Crippen molar-refractivity contribution < 1.29 is 22.6 Å². The SMILES string of the molecule is COC(CN)(OC)c1cccc(C(F)(F)F)c1. The largest absolute Gasteiger partial charge is 0.416 e. The number of methoxy groups -OCH3 is 2. The van der Waals surface area contributed by atoms with E-state index in [9.17, 15) is 13.2 Å². The van der Waals surface area contributed by atoms with Crippen molar-refractivity contribution in [2.45, 2.75) is 12.0 Å². The molecule has 2 N–H and O–H groups in total. The molecule has 1 rings (SSSR count). The first-order valence-corrected chi connectivity index (χ1v) is 4.87. The Balaban J connectivity index is 3.23. The molecular weight excluding hydrogens is 235 g/mol. The molecule has 0 spiro atoms. The maximum Gasteiger partial charge on any atom is 0.416 e. The van der Waals surface area contributed by atoms with E-state index in [0.717, 1.165) is 12.1 Å². The summed E-state index contributed by atoms with van der Waals surface area (Å²) < 4.78 is 47.8. The molecule has 96 valence electrons. The summed E-state index contributed by atoms with van der Waals surface area (Å²) >= 11 is 0. The summed E-state index contributed by atoms with van der Waals surface area (Å²) in [7, 11) is 2.66. The van der Waals surface area contributed by atoms with Crippen LogP contribution in [0.2, 0.25) is 0 Å². The van der Waals surface area contributed by atoms with Gasteiger partial charge in [-0.1, -0.05) is 12.1 Å². The molecular formula is C11H14F3NO2. The van der Waals surface area contributed by atoms with Gasteiger partial charge >= 0.3 is 6.18 Å². The highest BCUT2D eigenvalue weighted by molar-refractivity contribution is 5.29. The van der Waals surface area contributed by atoms with Crippen molar-refractivity contribution in [3.63, 3.8) is 0 Å². The highest BCUT2D eigenvalue weighted by Gasteiger charge is 2.35. The van der Waals surface area contributed by atoms with Crippen molar-refractivity contribution in [3.8, 4) is 0 Å². The van der Waals surface area contributed by atoms with Gasteiger partial charge in [-0.05, 0) is 12.1 Å². The summed E-state index contributed by atoms with van der Waals surface area (Å²) in [5, 5.41) is 0. The Hall–Kier alpha value is -1.11. The Kier molecular flexibility index (Phi) is 4.13. The van der Waals surface area contributed by atoms with E-state index in [1.807, 2.05) is 0 Å². The molecule has 1 aromatic rings. The minimum absolute atomic E-state index is 0.0820. The standard InChI is InChI=1S/C11H14F3NO2/c1-16-10(7-15,17-2)8-4-3-5-9(6-8)11(12,13)14/h3-6H,7,15H2,1-2H3. The van der Waals surface area contributed by atoms with Crippen molar-refractivity contribution in [1.82, 2.24) is 0 Å². The second-order valence-corrected chi connectivity index (χ2v) is 3.44. The molecule has 0 heterocycles. The number of rotatable bonds is 4. The highest BCUT2D eigenvalue weighted by atomic mass is 19.4. The first-order valence-electron chi connectivity index (χ1n) is 4.87. The minimum atomic E-state index is -4.40. The van der Waals surface area contributed by atoms with Gasteiger partial charge in [-0.15, -0.1) is 0 Å². The Morgan fingerprint density at radius 2 is 1.65 bits per heavy atom. The maximum absolute atomic E-state index is 12.6. The maximum atomic E-state index is 12.6. The van der Waals surface area contributed by atoms with Gasteiger partial charge in [0.2, 0.25) is 5.79 Å². The van der Waals surface area contributed by atoms with E-state index in [-0.39, 0.29) is 12.1 Å². The second kappa shape index (κ2) is 5.03. The zero-order valence-corrected chi connectivity index (χ0v) is 9.54. The average Bonchev–Trinajstić information content (AvgIpc) is 2.31. The summed E-state index contributed by atoms with van der Waals surface area (Å²) in [6.45, 7) is -0.0820. The predicted octanol–water partition coefficient (Wildman–Crippen LogP) is 2.11. The first kappa shape index (κ1) is 14.0. The van der Waals surface area contributed by atoms with Crippen molar-refractivity contribution in [2.24, 2.45) is 5.73 Å².